The van der Waals surface area contributed by atoms with Crippen LogP contribution in [0.2, 0.25) is 0 Å². The first kappa shape index (κ1) is 12.2. The Morgan fingerprint density at radius 3 is 2.78 bits per heavy atom. The van der Waals surface area contributed by atoms with Crippen LogP contribution in [0, 0.1) is 5.82 Å². The number of hydrogen-bond donors (Lipinski definition) is 0. The van der Waals surface area contributed by atoms with Crippen LogP contribution in [-0.4, -0.2) is 17.9 Å². The first-order valence-electron chi connectivity index (χ1n) is 5.57. The monoisotopic (exact) mass is 245 g/mol. The molecule has 2 rings (SSSR count). The van der Waals surface area contributed by atoms with Crippen LogP contribution < -0.4 is 4.74 Å². The van der Waals surface area contributed by atoms with E-state index < -0.39 is 5.82 Å². The summed E-state index contributed by atoms with van der Waals surface area (Å²) < 4.78 is 18.8. The average molecular weight is 245 g/mol. The lowest BCUT2D eigenvalue weighted by Gasteiger charge is -2.06. The number of rotatable bonds is 4. The first-order chi connectivity index (χ1) is 8.74. The van der Waals surface area contributed by atoms with Crippen molar-refractivity contribution >= 4 is 6.29 Å². The quantitative estimate of drug-likeness (QED) is 0.777. The maximum Gasteiger partial charge on any atom is 0.152 e. The summed E-state index contributed by atoms with van der Waals surface area (Å²) in [5.41, 5.74) is 1.46. The van der Waals surface area contributed by atoms with Crippen molar-refractivity contribution in [1.29, 1.82) is 0 Å². The predicted octanol–water partition coefficient (Wildman–Crippen LogP) is 3.10. The molecule has 0 fully saturated rings. The lowest BCUT2D eigenvalue weighted by molar-refractivity contribution is 0.112. The SMILES string of the molecule is CCOc1cncc(-c2ccc(C=O)c(F)c2)c1. The molecule has 0 radical (unpaired) electrons. The summed E-state index contributed by atoms with van der Waals surface area (Å²) in [6.07, 6.45) is 3.72. The summed E-state index contributed by atoms with van der Waals surface area (Å²) in [6.45, 7) is 2.43. The smallest absolute Gasteiger partial charge is 0.152 e. The Morgan fingerprint density at radius 1 is 1.28 bits per heavy atom. The van der Waals surface area contributed by atoms with E-state index in [1.54, 1.807) is 24.5 Å². The molecule has 1 aromatic carbocycles. The molecular formula is C14H12FNO2. The van der Waals surface area contributed by atoms with E-state index in [0.29, 0.717) is 24.2 Å². The molecule has 0 saturated heterocycles. The van der Waals surface area contributed by atoms with Crippen LogP contribution in [-0.2, 0) is 0 Å². The summed E-state index contributed by atoms with van der Waals surface area (Å²) in [4.78, 5) is 14.6. The van der Waals surface area contributed by atoms with Crippen molar-refractivity contribution < 1.29 is 13.9 Å². The second-order valence-electron chi connectivity index (χ2n) is 3.70. The summed E-state index contributed by atoms with van der Waals surface area (Å²) in [6, 6.07) is 6.23. The minimum Gasteiger partial charge on any atom is -0.492 e. The Hall–Kier alpha value is -2.23. The number of ether oxygens (including phenoxy) is 1. The maximum atomic E-state index is 13.5. The van der Waals surface area contributed by atoms with Gasteiger partial charge in [-0.2, -0.15) is 0 Å². The topological polar surface area (TPSA) is 39.2 Å². The van der Waals surface area contributed by atoms with E-state index in [-0.39, 0.29) is 5.56 Å². The van der Waals surface area contributed by atoms with Gasteiger partial charge in [0.2, 0.25) is 0 Å². The molecule has 0 amide bonds. The Balaban J connectivity index is 2.39. The number of halogens is 1. The van der Waals surface area contributed by atoms with Crippen LogP contribution in [0.4, 0.5) is 4.39 Å². The zero-order chi connectivity index (χ0) is 13.0. The van der Waals surface area contributed by atoms with Crippen molar-refractivity contribution in [2.45, 2.75) is 6.92 Å². The highest BCUT2D eigenvalue weighted by atomic mass is 19.1. The molecule has 0 N–H and O–H groups in total. The molecule has 4 heteroatoms. The number of carbonyl (C=O) groups excluding carboxylic acids is 1. The molecule has 0 aliphatic carbocycles. The molecule has 3 nitrogen and oxygen atoms in total. The van der Waals surface area contributed by atoms with Gasteiger partial charge in [0.05, 0.1) is 18.4 Å². The van der Waals surface area contributed by atoms with Crippen LogP contribution >= 0.6 is 0 Å². The molecule has 1 heterocycles. The predicted molar refractivity (Wildman–Crippen MR) is 66.2 cm³/mol. The van der Waals surface area contributed by atoms with E-state index in [1.165, 1.54) is 12.1 Å². The number of aromatic nitrogens is 1. The van der Waals surface area contributed by atoms with Gasteiger partial charge < -0.3 is 4.74 Å². The van der Waals surface area contributed by atoms with Gasteiger partial charge in [-0.1, -0.05) is 6.07 Å². The molecule has 1 aromatic heterocycles. The van der Waals surface area contributed by atoms with Gasteiger partial charge in [0.15, 0.2) is 6.29 Å². The number of aldehydes is 1. The lowest BCUT2D eigenvalue weighted by atomic mass is 10.1. The van der Waals surface area contributed by atoms with E-state index in [0.717, 1.165) is 5.56 Å². The number of nitrogens with zero attached hydrogens (tertiary/aromatic N) is 1. The van der Waals surface area contributed by atoms with E-state index >= 15 is 0 Å². The second kappa shape index (κ2) is 5.40. The first-order valence-corrected chi connectivity index (χ1v) is 5.57. The highest BCUT2D eigenvalue weighted by molar-refractivity contribution is 5.77. The van der Waals surface area contributed by atoms with Crippen molar-refractivity contribution in [1.82, 2.24) is 4.98 Å². The fraction of sp³-hybridized carbons (Fsp3) is 0.143. The summed E-state index contributed by atoms with van der Waals surface area (Å²) >= 11 is 0. The van der Waals surface area contributed by atoms with E-state index in [4.69, 9.17) is 4.74 Å². The van der Waals surface area contributed by atoms with E-state index in [1.807, 2.05) is 6.92 Å². The van der Waals surface area contributed by atoms with E-state index in [2.05, 4.69) is 4.98 Å². The largest absolute Gasteiger partial charge is 0.492 e. The van der Waals surface area contributed by atoms with Gasteiger partial charge in [-0.3, -0.25) is 9.78 Å². The van der Waals surface area contributed by atoms with Gasteiger partial charge in [-0.05, 0) is 30.7 Å². The Morgan fingerprint density at radius 2 is 2.11 bits per heavy atom. The molecule has 0 bridgehead atoms. The van der Waals surface area contributed by atoms with Crippen LogP contribution in [0.3, 0.4) is 0 Å². The lowest BCUT2D eigenvalue weighted by Crippen LogP contribution is -1.93. The van der Waals surface area contributed by atoms with Gasteiger partial charge in [-0.25, -0.2) is 4.39 Å². The summed E-state index contributed by atoms with van der Waals surface area (Å²) in [7, 11) is 0. The van der Waals surface area contributed by atoms with Crippen LogP contribution in [0.15, 0.2) is 36.7 Å². The maximum absolute atomic E-state index is 13.5. The Bertz CT molecular complexity index is 569. The highest BCUT2D eigenvalue weighted by Gasteiger charge is 2.05. The number of hydrogen-bond acceptors (Lipinski definition) is 3. The van der Waals surface area contributed by atoms with Crippen LogP contribution in [0.5, 0.6) is 5.75 Å². The molecule has 0 aliphatic rings. The number of carbonyl (C=O) groups is 1. The zero-order valence-corrected chi connectivity index (χ0v) is 9.89. The molecule has 92 valence electrons. The third kappa shape index (κ3) is 2.53. The standard InChI is InChI=1S/C14H12FNO2/c1-2-18-13-5-12(7-16-8-13)10-3-4-11(9-17)14(15)6-10/h3-9H,2H2,1H3. The van der Waals surface area contributed by atoms with Crippen molar-refractivity contribution in [3.05, 3.63) is 48.0 Å². The minimum atomic E-state index is -0.538. The summed E-state index contributed by atoms with van der Waals surface area (Å²) in [5.74, 6) is 0.0965. The van der Waals surface area contributed by atoms with Crippen LogP contribution in [0.1, 0.15) is 17.3 Å². The molecule has 0 spiro atoms. The molecule has 0 unspecified atom stereocenters. The van der Waals surface area contributed by atoms with Crippen molar-refractivity contribution in [3.8, 4) is 16.9 Å². The summed E-state index contributed by atoms with van der Waals surface area (Å²) in [5, 5.41) is 0. The third-order valence-electron chi connectivity index (χ3n) is 2.48. The Kier molecular flexibility index (Phi) is 3.67. The number of benzene rings is 1. The molecule has 0 saturated carbocycles. The molecular weight excluding hydrogens is 233 g/mol. The zero-order valence-electron chi connectivity index (χ0n) is 9.89. The van der Waals surface area contributed by atoms with Gasteiger partial charge in [0.25, 0.3) is 0 Å². The molecule has 2 aromatic rings. The molecule has 0 aliphatic heterocycles. The number of pyridine rings is 1. The highest BCUT2D eigenvalue weighted by Crippen LogP contribution is 2.24. The van der Waals surface area contributed by atoms with Crippen molar-refractivity contribution in [3.63, 3.8) is 0 Å². The fourth-order valence-electron chi connectivity index (χ4n) is 1.62. The fourth-order valence-corrected chi connectivity index (χ4v) is 1.62. The minimum absolute atomic E-state index is 0.0488. The molecule has 18 heavy (non-hydrogen) atoms. The van der Waals surface area contributed by atoms with Crippen LogP contribution in [0.25, 0.3) is 11.1 Å². The van der Waals surface area contributed by atoms with Gasteiger partial charge in [0, 0.05) is 11.8 Å². The average Bonchev–Trinajstić information content (AvgIpc) is 2.39. The van der Waals surface area contributed by atoms with E-state index in [9.17, 15) is 9.18 Å². The Labute approximate surface area is 104 Å². The van der Waals surface area contributed by atoms with Gasteiger partial charge in [0.1, 0.15) is 11.6 Å². The van der Waals surface area contributed by atoms with Crippen molar-refractivity contribution in [2.24, 2.45) is 0 Å². The van der Waals surface area contributed by atoms with Crippen molar-refractivity contribution in [2.75, 3.05) is 6.61 Å². The third-order valence-corrected chi connectivity index (χ3v) is 2.48. The normalized spacial score (nSPS) is 10.1. The van der Waals surface area contributed by atoms with Gasteiger partial charge >= 0.3 is 0 Å². The second-order valence-corrected chi connectivity index (χ2v) is 3.70. The van der Waals surface area contributed by atoms with Gasteiger partial charge in [-0.15, -0.1) is 0 Å². The molecule has 0 atom stereocenters.